The number of imidazole rings is 1. The topological polar surface area (TPSA) is 95.1 Å². The lowest BCUT2D eigenvalue weighted by atomic mass is 9.95. The van der Waals surface area contributed by atoms with E-state index in [-0.39, 0.29) is 5.91 Å². The van der Waals surface area contributed by atoms with Gasteiger partial charge in [-0.2, -0.15) is 0 Å². The fourth-order valence-electron chi connectivity index (χ4n) is 3.13. The predicted octanol–water partition coefficient (Wildman–Crippen LogP) is 1.74. The molecule has 1 aliphatic rings. The highest BCUT2D eigenvalue weighted by atomic mass is 16.6. The lowest BCUT2D eigenvalue weighted by Crippen LogP contribution is -2.20. The monoisotopic (exact) mass is 317 g/mol. The van der Waals surface area contributed by atoms with E-state index < -0.39 is 0 Å². The van der Waals surface area contributed by atoms with Gasteiger partial charge in [0.15, 0.2) is 5.82 Å². The number of nitrogens with one attached hydrogen (secondary N) is 1. The first-order chi connectivity index (χ1) is 11.2. The summed E-state index contributed by atoms with van der Waals surface area (Å²) in [7, 11) is 0. The average molecular weight is 317 g/mol. The number of carbonyl (C=O) groups is 1. The first-order valence-electron chi connectivity index (χ1n) is 8.17. The Balaban J connectivity index is 1.69. The summed E-state index contributed by atoms with van der Waals surface area (Å²) in [4.78, 5) is 24.8. The van der Waals surface area contributed by atoms with Gasteiger partial charge in [-0.15, -0.1) is 0 Å². The van der Waals surface area contributed by atoms with Crippen LogP contribution in [-0.4, -0.2) is 27.0 Å². The summed E-state index contributed by atoms with van der Waals surface area (Å²) in [5.74, 6) is 0.355. The van der Waals surface area contributed by atoms with Gasteiger partial charge in [0.1, 0.15) is 5.52 Å². The van der Waals surface area contributed by atoms with Crippen LogP contribution in [-0.2, 0) is 29.0 Å². The van der Waals surface area contributed by atoms with Gasteiger partial charge in [-0.1, -0.05) is 0 Å². The fourth-order valence-corrected chi connectivity index (χ4v) is 3.13. The first kappa shape index (κ1) is 15.7. The molecule has 2 aromatic heterocycles. The molecule has 1 aliphatic carbocycles. The molecular weight excluding hydrogens is 294 g/mol. The Labute approximate surface area is 135 Å². The number of hydrogen-bond donors (Lipinski definition) is 2. The number of hydrogen-bond acceptors (Lipinski definition) is 5. The molecule has 0 aromatic carbocycles. The highest BCUT2D eigenvalue weighted by Crippen LogP contribution is 2.30. The quantitative estimate of drug-likeness (QED) is 0.625. The van der Waals surface area contributed by atoms with E-state index in [9.17, 15) is 4.79 Å². The van der Waals surface area contributed by atoms with E-state index >= 15 is 0 Å². The van der Waals surface area contributed by atoms with E-state index in [2.05, 4.69) is 20.0 Å². The zero-order valence-corrected chi connectivity index (χ0v) is 13.5. The molecule has 124 valence electrons. The standard InChI is InChI=1S/C16H23N5O2/c1-11(22)20-23-9-5-4-8-21-10-18-14-15(21)12-6-2-3-7-13(12)19-16(14)17/h10H,2-9H2,1H3,(H2,17,19)(H,20,22). The Morgan fingerprint density at radius 1 is 1.39 bits per heavy atom. The highest BCUT2D eigenvalue weighted by molar-refractivity contribution is 5.88. The van der Waals surface area contributed by atoms with Gasteiger partial charge in [0, 0.05) is 19.2 Å². The number of anilines is 1. The number of amides is 1. The number of nitrogens with two attached hydrogens (primary N) is 1. The van der Waals surface area contributed by atoms with Crippen LogP contribution in [0.3, 0.4) is 0 Å². The Bertz CT molecular complexity index is 710. The smallest absolute Gasteiger partial charge is 0.240 e. The molecule has 0 atom stereocenters. The predicted molar refractivity (Wildman–Crippen MR) is 87.6 cm³/mol. The SMILES string of the molecule is CC(=O)NOCCCCn1cnc2c(N)nc3c(c21)CCCC3. The molecule has 0 aliphatic heterocycles. The molecule has 7 nitrogen and oxygen atoms in total. The number of nitrogens with zero attached hydrogens (tertiary/aromatic N) is 3. The second-order valence-corrected chi connectivity index (χ2v) is 5.98. The fraction of sp³-hybridized carbons (Fsp3) is 0.562. The van der Waals surface area contributed by atoms with Crippen molar-refractivity contribution in [3.05, 3.63) is 17.6 Å². The Kier molecular flexibility index (Phi) is 4.76. The molecule has 3 N–H and O–H groups in total. The lowest BCUT2D eigenvalue weighted by molar-refractivity contribution is -0.131. The second-order valence-electron chi connectivity index (χ2n) is 5.98. The van der Waals surface area contributed by atoms with Crippen molar-refractivity contribution in [2.45, 2.75) is 52.0 Å². The van der Waals surface area contributed by atoms with Crippen molar-refractivity contribution in [2.24, 2.45) is 0 Å². The number of rotatable bonds is 6. The number of pyridine rings is 1. The minimum absolute atomic E-state index is 0.180. The molecule has 2 heterocycles. The Hall–Kier alpha value is -2.15. The van der Waals surface area contributed by atoms with Crippen molar-refractivity contribution in [3.63, 3.8) is 0 Å². The Morgan fingerprint density at radius 3 is 3.04 bits per heavy atom. The maximum atomic E-state index is 10.7. The zero-order chi connectivity index (χ0) is 16.2. The summed E-state index contributed by atoms with van der Waals surface area (Å²) in [6, 6.07) is 0. The maximum absolute atomic E-state index is 10.7. The highest BCUT2D eigenvalue weighted by Gasteiger charge is 2.19. The molecule has 3 rings (SSSR count). The molecule has 7 heteroatoms. The van der Waals surface area contributed by atoms with E-state index in [1.807, 2.05) is 6.33 Å². The summed E-state index contributed by atoms with van der Waals surface area (Å²) < 4.78 is 2.18. The zero-order valence-electron chi connectivity index (χ0n) is 13.5. The van der Waals surface area contributed by atoms with Crippen LogP contribution in [0.15, 0.2) is 6.33 Å². The second kappa shape index (κ2) is 6.95. The molecular formula is C16H23N5O2. The minimum atomic E-state index is -0.180. The molecule has 0 spiro atoms. The maximum Gasteiger partial charge on any atom is 0.240 e. The molecule has 0 unspecified atom stereocenters. The van der Waals surface area contributed by atoms with Crippen LogP contribution in [0.5, 0.6) is 0 Å². The number of aromatic nitrogens is 3. The van der Waals surface area contributed by atoms with E-state index in [0.717, 1.165) is 49.0 Å². The van der Waals surface area contributed by atoms with Gasteiger partial charge in [-0.25, -0.2) is 15.4 Å². The molecule has 0 radical (unpaired) electrons. The van der Waals surface area contributed by atoms with Crippen LogP contribution >= 0.6 is 0 Å². The van der Waals surface area contributed by atoms with Gasteiger partial charge in [-0.3, -0.25) is 9.63 Å². The van der Waals surface area contributed by atoms with E-state index in [4.69, 9.17) is 10.6 Å². The summed E-state index contributed by atoms with van der Waals surface area (Å²) in [5, 5.41) is 0. The number of fused-ring (bicyclic) bond motifs is 3. The van der Waals surface area contributed by atoms with Gasteiger partial charge < -0.3 is 10.3 Å². The number of unbranched alkanes of at least 4 members (excludes halogenated alkanes) is 1. The molecule has 2 aromatic rings. The normalized spacial score (nSPS) is 14.0. The van der Waals surface area contributed by atoms with E-state index in [1.165, 1.54) is 25.3 Å². The van der Waals surface area contributed by atoms with Gasteiger partial charge in [0.25, 0.3) is 0 Å². The summed E-state index contributed by atoms with van der Waals surface area (Å²) in [6.45, 7) is 2.79. The lowest BCUT2D eigenvalue weighted by Gasteiger charge is -2.17. The van der Waals surface area contributed by atoms with Crippen LogP contribution in [0.1, 0.15) is 43.9 Å². The molecule has 0 bridgehead atoms. The summed E-state index contributed by atoms with van der Waals surface area (Å²) in [5.41, 5.74) is 12.8. The van der Waals surface area contributed by atoms with Crippen molar-refractivity contribution in [1.29, 1.82) is 0 Å². The third kappa shape index (κ3) is 3.44. The van der Waals surface area contributed by atoms with Crippen molar-refractivity contribution >= 4 is 22.8 Å². The molecule has 23 heavy (non-hydrogen) atoms. The number of carbonyl (C=O) groups excluding carboxylic acids is 1. The largest absolute Gasteiger partial charge is 0.382 e. The van der Waals surface area contributed by atoms with E-state index in [0.29, 0.717) is 12.4 Å². The van der Waals surface area contributed by atoms with Crippen LogP contribution in [0, 0.1) is 0 Å². The van der Waals surface area contributed by atoms with Crippen molar-refractivity contribution in [3.8, 4) is 0 Å². The van der Waals surface area contributed by atoms with Crippen LogP contribution in [0.2, 0.25) is 0 Å². The van der Waals surface area contributed by atoms with Crippen molar-refractivity contribution in [1.82, 2.24) is 20.0 Å². The molecule has 1 amide bonds. The minimum Gasteiger partial charge on any atom is -0.382 e. The van der Waals surface area contributed by atoms with Crippen LogP contribution < -0.4 is 11.2 Å². The number of aryl methyl sites for hydroxylation is 3. The van der Waals surface area contributed by atoms with Gasteiger partial charge >= 0.3 is 0 Å². The third-order valence-electron chi connectivity index (χ3n) is 4.17. The van der Waals surface area contributed by atoms with Gasteiger partial charge in [0.2, 0.25) is 5.91 Å². The molecule has 0 saturated carbocycles. The van der Waals surface area contributed by atoms with E-state index in [1.54, 1.807) is 0 Å². The molecule has 0 fully saturated rings. The van der Waals surface area contributed by atoms with Crippen molar-refractivity contribution in [2.75, 3.05) is 12.3 Å². The number of nitrogen functional groups attached to an aromatic ring is 1. The summed E-state index contributed by atoms with van der Waals surface area (Å²) in [6.07, 6.45) is 8.10. The number of hydroxylamine groups is 1. The van der Waals surface area contributed by atoms with Gasteiger partial charge in [0.05, 0.1) is 18.5 Å². The van der Waals surface area contributed by atoms with Gasteiger partial charge in [-0.05, 0) is 44.1 Å². The van der Waals surface area contributed by atoms with Crippen molar-refractivity contribution < 1.29 is 9.63 Å². The average Bonchev–Trinajstić information content (AvgIpc) is 2.95. The van der Waals surface area contributed by atoms with Crippen LogP contribution in [0.4, 0.5) is 5.82 Å². The summed E-state index contributed by atoms with van der Waals surface area (Å²) >= 11 is 0. The Morgan fingerprint density at radius 2 is 2.22 bits per heavy atom. The van der Waals surface area contributed by atoms with Crippen LogP contribution in [0.25, 0.3) is 11.0 Å². The first-order valence-corrected chi connectivity index (χ1v) is 8.17. The molecule has 0 saturated heterocycles. The third-order valence-corrected chi connectivity index (χ3v) is 4.17.